The molecule has 0 spiro atoms. The van der Waals surface area contributed by atoms with Crippen LogP contribution in [-0.4, -0.2) is 12.6 Å². The van der Waals surface area contributed by atoms with Crippen LogP contribution in [0.2, 0.25) is 0 Å². The van der Waals surface area contributed by atoms with Crippen LogP contribution in [0.15, 0.2) is 12.2 Å². The molecule has 0 aromatic carbocycles. The summed E-state index contributed by atoms with van der Waals surface area (Å²) in [6.45, 7) is 4.32. The molecule has 0 aromatic rings. The van der Waals surface area contributed by atoms with Crippen LogP contribution in [0.25, 0.3) is 0 Å². The van der Waals surface area contributed by atoms with Crippen molar-refractivity contribution < 1.29 is 9.53 Å². The van der Waals surface area contributed by atoms with Crippen molar-refractivity contribution in [2.45, 2.75) is 52.4 Å². The van der Waals surface area contributed by atoms with Crippen LogP contribution < -0.4 is 0 Å². The molecule has 0 amide bonds. The summed E-state index contributed by atoms with van der Waals surface area (Å²) >= 11 is 0. The SMILES string of the molecule is CCCCCC/C=C/C(C#N)CC(=O)OCC. The van der Waals surface area contributed by atoms with E-state index < -0.39 is 0 Å². The van der Waals surface area contributed by atoms with Crippen LogP contribution in [0.5, 0.6) is 0 Å². The van der Waals surface area contributed by atoms with Crippen molar-refractivity contribution in [2.24, 2.45) is 5.92 Å². The first-order valence-electron chi connectivity index (χ1n) is 6.46. The average molecular weight is 237 g/mol. The standard InChI is InChI=1S/C14H23NO2/c1-3-5-6-7-8-9-10-13(12-15)11-14(16)17-4-2/h9-10,13H,3-8,11H2,1-2H3/b10-9+. The number of unbranched alkanes of at least 4 members (excludes halogenated alkanes) is 4. The van der Waals surface area contributed by atoms with Gasteiger partial charge in [-0.25, -0.2) is 0 Å². The van der Waals surface area contributed by atoms with E-state index in [1.165, 1.54) is 19.3 Å². The van der Waals surface area contributed by atoms with E-state index in [2.05, 4.69) is 13.0 Å². The maximum absolute atomic E-state index is 11.2. The lowest BCUT2D eigenvalue weighted by molar-refractivity contribution is -0.143. The zero-order chi connectivity index (χ0) is 12.9. The van der Waals surface area contributed by atoms with Crippen molar-refractivity contribution >= 4 is 5.97 Å². The molecular formula is C14H23NO2. The fraction of sp³-hybridized carbons (Fsp3) is 0.714. The van der Waals surface area contributed by atoms with Crippen LogP contribution in [-0.2, 0) is 9.53 Å². The molecule has 0 radical (unpaired) electrons. The third-order valence-electron chi connectivity index (χ3n) is 2.45. The van der Waals surface area contributed by atoms with Gasteiger partial charge in [-0.2, -0.15) is 5.26 Å². The molecule has 0 bridgehead atoms. The fourth-order valence-electron chi connectivity index (χ4n) is 1.51. The zero-order valence-electron chi connectivity index (χ0n) is 10.9. The highest BCUT2D eigenvalue weighted by atomic mass is 16.5. The first kappa shape index (κ1) is 15.7. The van der Waals surface area contributed by atoms with Crippen LogP contribution in [0.3, 0.4) is 0 Å². The van der Waals surface area contributed by atoms with Gasteiger partial charge >= 0.3 is 5.97 Å². The number of hydrogen-bond donors (Lipinski definition) is 0. The number of hydrogen-bond acceptors (Lipinski definition) is 3. The highest BCUT2D eigenvalue weighted by Gasteiger charge is 2.10. The summed E-state index contributed by atoms with van der Waals surface area (Å²) < 4.78 is 4.81. The number of carbonyl (C=O) groups excluding carboxylic acids is 1. The van der Waals surface area contributed by atoms with Crippen LogP contribution in [0.4, 0.5) is 0 Å². The molecule has 1 unspecified atom stereocenters. The van der Waals surface area contributed by atoms with Gasteiger partial charge in [0, 0.05) is 0 Å². The lowest BCUT2D eigenvalue weighted by Gasteiger charge is -2.03. The number of esters is 1. The minimum Gasteiger partial charge on any atom is -0.466 e. The Labute approximate surface area is 104 Å². The Balaban J connectivity index is 3.77. The molecule has 3 nitrogen and oxygen atoms in total. The Bertz CT molecular complexity index is 266. The zero-order valence-corrected chi connectivity index (χ0v) is 10.9. The summed E-state index contributed by atoms with van der Waals surface area (Å²) in [5.41, 5.74) is 0. The molecule has 0 rings (SSSR count). The van der Waals surface area contributed by atoms with E-state index in [1.54, 1.807) is 6.92 Å². The van der Waals surface area contributed by atoms with E-state index in [-0.39, 0.29) is 18.3 Å². The summed E-state index contributed by atoms with van der Waals surface area (Å²) in [5, 5.41) is 8.87. The van der Waals surface area contributed by atoms with E-state index in [9.17, 15) is 4.79 Å². The molecule has 1 atom stereocenters. The lowest BCUT2D eigenvalue weighted by Crippen LogP contribution is -2.08. The van der Waals surface area contributed by atoms with Gasteiger partial charge in [-0.3, -0.25) is 4.79 Å². The van der Waals surface area contributed by atoms with Crippen LogP contribution in [0.1, 0.15) is 52.4 Å². The van der Waals surface area contributed by atoms with Gasteiger partial charge in [0.25, 0.3) is 0 Å². The second-order valence-corrected chi connectivity index (χ2v) is 4.02. The van der Waals surface area contributed by atoms with Gasteiger partial charge in [-0.05, 0) is 19.8 Å². The van der Waals surface area contributed by atoms with Gasteiger partial charge in [0.05, 0.1) is 25.0 Å². The second-order valence-electron chi connectivity index (χ2n) is 4.02. The Morgan fingerprint density at radius 2 is 2.12 bits per heavy atom. The fourth-order valence-corrected chi connectivity index (χ4v) is 1.51. The van der Waals surface area contributed by atoms with Gasteiger partial charge in [0.15, 0.2) is 0 Å². The predicted molar refractivity (Wildman–Crippen MR) is 68.3 cm³/mol. The number of allylic oxidation sites excluding steroid dienone is 2. The smallest absolute Gasteiger partial charge is 0.307 e. The first-order valence-corrected chi connectivity index (χ1v) is 6.46. The van der Waals surface area contributed by atoms with Crippen molar-refractivity contribution in [1.29, 1.82) is 5.26 Å². The van der Waals surface area contributed by atoms with E-state index in [0.717, 1.165) is 12.8 Å². The van der Waals surface area contributed by atoms with Gasteiger partial charge in [-0.1, -0.05) is 38.3 Å². The van der Waals surface area contributed by atoms with Crippen LogP contribution >= 0.6 is 0 Å². The summed E-state index contributed by atoms with van der Waals surface area (Å²) in [4.78, 5) is 11.2. The summed E-state index contributed by atoms with van der Waals surface area (Å²) in [5.74, 6) is -0.644. The molecule has 96 valence electrons. The Kier molecular flexibility index (Phi) is 10.3. The molecule has 0 saturated carbocycles. The molecular weight excluding hydrogens is 214 g/mol. The van der Waals surface area contributed by atoms with Gasteiger partial charge in [0.2, 0.25) is 0 Å². The predicted octanol–water partition coefficient (Wildman–Crippen LogP) is 3.61. The van der Waals surface area contributed by atoms with Crippen molar-refractivity contribution in [3.8, 4) is 6.07 Å². The van der Waals surface area contributed by atoms with E-state index >= 15 is 0 Å². The number of carbonyl (C=O) groups is 1. The quantitative estimate of drug-likeness (QED) is 0.350. The number of nitriles is 1. The Hall–Kier alpha value is -1.30. The molecule has 0 N–H and O–H groups in total. The third-order valence-corrected chi connectivity index (χ3v) is 2.45. The molecule has 0 aromatic heterocycles. The van der Waals surface area contributed by atoms with E-state index in [0.29, 0.717) is 6.61 Å². The molecule has 17 heavy (non-hydrogen) atoms. The van der Waals surface area contributed by atoms with Crippen molar-refractivity contribution in [3.63, 3.8) is 0 Å². The van der Waals surface area contributed by atoms with Gasteiger partial charge in [0.1, 0.15) is 0 Å². The van der Waals surface area contributed by atoms with Crippen molar-refractivity contribution in [3.05, 3.63) is 12.2 Å². The molecule has 0 saturated heterocycles. The van der Waals surface area contributed by atoms with Gasteiger partial charge in [-0.15, -0.1) is 0 Å². The van der Waals surface area contributed by atoms with Crippen molar-refractivity contribution in [1.82, 2.24) is 0 Å². The number of nitrogens with zero attached hydrogens (tertiary/aromatic N) is 1. The summed E-state index contributed by atoms with van der Waals surface area (Å²) in [7, 11) is 0. The van der Waals surface area contributed by atoms with Crippen LogP contribution in [0, 0.1) is 17.2 Å². The van der Waals surface area contributed by atoms with Crippen molar-refractivity contribution in [2.75, 3.05) is 6.61 Å². The summed E-state index contributed by atoms with van der Waals surface area (Å²) in [6.07, 6.45) is 9.85. The van der Waals surface area contributed by atoms with E-state index in [1.807, 2.05) is 12.2 Å². The number of rotatable bonds is 9. The Morgan fingerprint density at radius 1 is 1.35 bits per heavy atom. The summed E-state index contributed by atoms with van der Waals surface area (Å²) in [6, 6.07) is 2.11. The molecule has 0 heterocycles. The number of ether oxygens (including phenoxy) is 1. The highest BCUT2D eigenvalue weighted by molar-refractivity contribution is 5.70. The highest BCUT2D eigenvalue weighted by Crippen LogP contribution is 2.08. The van der Waals surface area contributed by atoms with Gasteiger partial charge < -0.3 is 4.74 Å². The maximum Gasteiger partial charge on any atom is 0.307 e. The largest absolute Gasteiger partial charge is 0.466 e. The lowest BCUT2D eigenvalue weighted by atomic mass is 10.1. The third kappa shape index (κ3) is 9.62. The molecule has 3 heteroatoms. The van der Waals surface area contributed by atoms with E-state index in [4.69, 9.17) is 10.00 Å². The normalized spacial score (nSPS) is 12.3. The molecule has 0 fully saturated rings. The second kappa shape index (κ2) is 11.2. The topological polar surface area (TPSA) is 50.1 Å². The minimum atomic E-state index is -0.347. The molecule has 0 aliphatic heterocycles. The maximum atomic E-state index is 11.2. The monoisotopic (exact) mass is 237 g/mol. The minimum absolute atomic E-state index is 0.163. The average Bonchev–Trinajstić information content (AvgIpc) is 2.32. The molecule has 0 aliphatic carbocycles. The Morgan fingerprint density at radius 3 is 2.71 bits per heavy atom. The molecule has 0 aliphatic rings. The first-order chi connectivity index (χ1) is 8.24.